The van der Waals surface area contributed by atoms with Crippen molar-refractivity contribution >= 4 is 75.6 Å². The molecule has 9 amide bonds. The van der Waals surface area contributed by atoms with Crippen molar-refractivity contribution in [3.63, 3.8) is 0 Å². The van der Waals surface area contributed by atoms with Crippen LogP contribution in [-0.4, -0.2) is 132 Å². The number of hydrogen-bond donors (Lipinski definition) is 11. The number of nitrogens with one attached hydrogen (secondary N) is 7. The summed E-state index contributed by atoms with van der Waals surface area (Å²) in [6.45, 7) is 3.36. The Hall–Kier alpha value is -6.73. The zero-order valence-corrected chi connectivity index (χ0v) is 38.7. The molecular formula is C42H62N10O15S. The highest BCUT2D eigenvalue weighted by atomic mass is 32.2. The molecule has 2 fully saturated rings. The molecule has 0 radical (unpaired) electrons. The third-order valence-corrected chi connectivity index (χ3v) is 12.5. The number of carboxylic acids is 1. The fourth-order valence-corrected chi connectivity index (χ4v) is 8.80. The summed E-state index contributed by atoms with van der Waals surface area (Å²) in [4.78, 5) is 143. The summed E-state index contributed by atoms with van der Waals surface area (Å²) in [6.07, 6.45) is -0.346. The zero-order valence-electron chi connectivity index (χ0n) is 37.9. The average Bonchev–Trinajstić information content (AvgIpc) is 3.24. The molecule has 26 heteroatoms. The molecule has 1 saturated heterocycles. The average molecular weight is 979 g/mol. The third kappa shape index (κ3) is 18.2. The van der Waals surface area contributed by atoms with E-state index in [0.717, 1.165) is 12.1 Å². The predicted octanol–water partition coefficient (Wildman–Crippen LogP) is -2.20. The van der Waals surface area contributed by atoms with E-state index in [9.17, 15) is 72.5 Å². The summed E-state index contributed by atoms with van der Waals surface area (Å²) in [7, 11) is -2.16. The normalized spacial score (nSPS) is 24.4. The first-order valence-electron chi connectivity index (χ1n) is 22.2. The zero-order chi connectivity index (χ0) is 50.7. The number of nitro groups is 1. The molecule has 68 heavy (non-hydrogen) atoms. The quantitative estimate of drug-likeness (QED) is 0.0782. The third-order valence-electron chi connectivity index (χ3n) is 11.2. The highest BCUT2D eigenvalue weighted by Gasteiger charge is 2.44. The summed E-state index contributed by atoms with van der Waals surface area (Å²) in [5.74, 6) is -11.9. The Kier molecular flexibility index (Phi) is 21.7. The van der Waals surface area contributed by atoms with Crippen molar-refractivity contribution in [3.05, 3.63) is 33.9 Å². The number of amides is 9. The van der Waals surface area contributed by atoms with Crippen molar-refractivity contribution in [1.82, 2.24) is 37.2 Å². The molecule has 25 nitrogen and oxygen atoms in total. The van der Waals surface area contributed by atoms with Crippen LogP contribution in [0.4, 0.5) is 5.69 Å². The molecule has 6 atom stereocenters. The number of primary amides is 2. The second-order valence-corrected chi connectivity index (χ2v) is 18.8. The Morgan fingerprint density at radius 3 is 2.12 bits per heavy atom. The van der Waals surface area contributed by atoms with Crippen molar-refractivity contribution in [3.8, 4) is 5.75 Å². The number of phenols is 1. The molecule has 2 aliphatic rings. The lowest BCUT2D eigenvalue weighted by Gasteiger charge is -2.38. The van der Waals surface area contributed by atoms with Gasteiger partial charge in [-0.05, 0) is 62.5 Å². The van der Waals surface area contributed by atoms with Gasteiger partial charge in [-0.15, -0.1) is 0 Å². The largest absolute Gasteiger partial charge is 0.502 e. The van der Waals surface area contributed by atoms with Crippen molar-refractivity contribution in [2.45, 2.75) is 139 Å². The Labute approximate surface area is 393 Å². The maximum atomic E-state index is 14.5. The van der Waals surface area contributed by atoms with Crippen LogP contribution in [0.2, 0.25) is 0 Å². The second-order valence-electron chi connectivity index (χ2n) is 17.3. The fraction of sp³-hybridized carbons (Fsp3) is 0.619. The molecule has 1 aromatic carbocycles. The van der Waals surface area contributed by atoms with Crippen LogP contribution < -0.4 is 48.7 Å². The fourth-order valence-electron chi connectivity index (χ4n) is 7.69. The molecule has 0 aromatic heterocycles. The van der Waals surface area contributed by atoms with Crippen molar-refractivity contribution in [1.29, 1.82) is 0 Å². The van der Waals surface area contributed by atoms with E-state index in [-0.39, 0.29) is 69.4 Å². The van der Waals surface area contributed by atoms with Crippen LogP contribution in [-0.2, 0) is 65.2 Å². The van der Waals surface area contributed by atoms with Crippen LogP contribution in [0.3, 0.4) is 0 Å². The number of nitrogens with two attached hydrogens (primary N) is 2. The minimum absolute atomic E-state index is 0.0358. The first-order chi connectivity index (χ1) is 32.0. The van der Waals surface area contributed by atoms with E-state index in [0.29, 0.717) is 19.3 Å². The molecular weight excluding hydrogens is 917 g/mol. The van der Waals surface area contributed by atoms with Crippen LogP contribution in [0, 0.1) is 16.0 Å². The maximum Gasteiger partial charge on any atom is 0.310 e. The van der Waals surface area contributed by atoms with E-state index in [2.05, 4.69) is 37.2 Å². The van der Waals surface area contributed by atoms with Crippen molar-refractivity contribution in [2.75, 3.05) is 18.1 Å². The van der Waals surface area contributed by atoms with Gasteiger partial charge in [-0.3, -0.25) is 62.3 Å². The maximum absolute atomic E-state index is 14.5. The minimum atomic E-state index is -2.16. The number of carbonyl (C=O) groups excluding carboxylic acids is 9. The van der Waals surface area contributed by atoms with E-state index < -0.39 is 153 Å². The predicted molar refractivity (Wildman–Crippen MR) is 241 cm³/mol. The topological polar surface area (TPSA) is 408 Å². The molecule has 0 unspecified atom stereocenters. The number of hydrogen-bond acceptors (Lipinski definition) is 14. The van der Waals surface area contributed by atoms with Crippen LogP contribution in [0.15, 0.2) is 18.2 Å². The van der Waals surface area contributed by atoms with Crippen LogP contribution in [0.25, 0.3) is 0 Å². The molecule has 1 saturated carbocycles. The molecule has 0 bridgehead atoms. The summed E-state index contributed by atoms with van der Waals surface area (Å²) < 4.78 is 13.1. The lowest BCUT2D eigenvalue weighted by molar-refractivity contribution is -0.385. The van der Waals surface area contributed by atoms with Gasteiger partial charge in [0.2, 0.25) is 53.2 Å². The lowest BCUT2D eigenvalue weighted by Crippen LogP contribution is -2.66. The summed E-state index contributed by atoms with van der Waals surface area (Å²) in [5.41, 5.74) is 8.52. The van der Waals surface area contributed by atoms with Gasteiger partial charge in [0, 0.05) is 42.7 Å². The number of rotatable bonds is 12. The van der Waals surface area contributed by atoms with Gasteiger partial charge >= 0.3 is 11.7 Å². The molecule has 1 aromatic rings. The van der Waals surface area contributed by atoms with Gasteiger partial charge < -0.3 is 58.9 Å². The van der Waals surface area contributed by atoms with E-state index in [1.807, 2.05) is 0 Å². The lowest BCUT2D eigenvalue weighted by atomic mass is 9.80. The van der Waals surface area contributed by atoms with Gasteiger partial charge in [0.25, 0.3) is 0 Å². The first kappa shape index (κ1) is 55.6. The van der Waals surface area contributed by atoms with Gasteiger partial charge in [0.1, 0.15) is 41.5 Å². The van der Waals surface area contributed by atoms with Gasteiger partial charge in [0.05, 0.1) is 17.1 Å². The number of nitro benzene ring substituents is 1. The monoisotopic (exact) mass is 978 g/mol. The highest BCUT2D eigenvalue weighted by Crippen LogP contribution is 2.30. The van der Waals surface area contributed by atoms with Crippen LogP contribution in [0.5, 0.6) is 5.75 Å². The number of benzene rings is 1. The number of nitrogens with zero attached hydrogens (tertiary/aromatic N) is 1. The molecule has 1 aliphatic carbocycles. The van der Waals surface area contributed by atoms with Gasteiger partial charge in [-0.1, -0.05) is 39.2 Å². The van der Waals surface area contributed by atoms with E-state index >= 15 is 0 Å². The van der Waals surface area contributed by atoms with E-state index in [4.69, 9.17) is 11.5 Å². The molecule has 13 N–H and O–H groups in total. The van der Waals surface area contributed by atoms with Gasteiger partial charge in [-0.2, -0.15) is 0 Å². The number of carbonyl (C=O) groups is 10. The number of aliphatic carboxylic acids is 1. The molecule has 1 heterocycles. The van der Waals surface area contributed by atoms with Gasteiger partial charge in [-0.25, -0.2) is 0 Å². The Morgan fingerprint density at radius 1 is 0.838 bits per heavy atom. The SMILES string of the molecule is CC(C)C[C@@H]1NC(=O)[C@H](CCCC(=O)O)NC(=O)C[S@@](=O)C[C@H](C(N)=O)NC(=O)CCCCNC(=O)[C@H](CC(N)=O)NC(=O)C2(CCCCC2)NC(=O)[C@H](Cc2ccc(O)c([N+](=O)[O-])c2)NC1=O. The molecule has 376 valence electrons. The Morgan fingerprint density at radius 2 is 1.50 bits per heavy atom. The minimum Gasteiger partial charge on any atom is -0.502 e. The van der Waals surface area contributed by atoms with Gasteiger partial charge in [0.15, 0.2) is 5.75 Å². The smallest absolute Gasteiger partial charge is 0.310 e. The summed E-state index contributed by atoms with van der Waals surface area (Å²) in [6, 6.07) is -4.34. The molecule has 3 rings (SSSR count). The molecule has 1 spiro atoms. The van der Waals surface area contributed by atoms with Crippen molar-refractivity contribution < 1.29 is 67.3 Å². The second kappa shape index (κ2) is 26.6. The Balaban J connectivity index is 2.12. The van der Waals surface area contributed by atoms with E-state index in [1.54, 1.807) is 13.8 Å². The van der Waals surface area contributed by atoms with Crippen molar-refractivity contribution in [2.24, 2.45) is 17.4 Å². The van der Waals surface area contributed by atoms with E-state index in [1.165, 1.54) is 6.07 Å². The standard InChI is InChI=1S/C42H62N10O15S/c1-23(2)17-26-39(62)49-27(18-24-12-13-31(53)30(19-24)52(65)66)40(63)51-42(14-5-3-6-15-42)41(64)50-28(20-32(43)54)37(60)45-16-7-4-10-33(55)47-29(36(44)59)21-68(67)22-34(56)46-25(38(61)48-26)9-8-11-35(57)58/h12-13,19,23,25-29,53H,3-11,14-18,20-22H2,1-2H3,(H2,43,54)(H2,44,59)(H,45,60)(H,46,56)(H,47,55)(H,48,61)(H,49,62)(H,50,64)(H,51,63)(H,57,58)/t25-,26-,27-,28-,29+,68-/m0/s1. The Bertz CT molecular complexity index is 2100. The summed E-state index contributed by atoms with van der Waals surface area (Å²) >= 11 is 0. The molecule has 1 aliphatic heterocycles. The van der Waals surface area contributed by atoms with Crippen LogP contribution >= 0.6 is 0 Å². The number of phenolic OH excluding ortho intramolecular Hbond substituents is 1. The highest BCUT2D eigenvalue weighted by molar-refractivity contribution is 7.85. The summed E-state index contributed by atoms with van der Waals surface area (Å²) in [5, 5.41) is 48.9. The number of aromatic hydroxyl groups is 1. The van der Waals surface area contributed by atoms with Crippen LogP contribution in [0.1, 0.15) is 103 Å². The number of carboxylic acid groups (broad SMARTS) is 1. The first-order valence-corrected chi connectivity index (χ1v) is 23.7.